The molecule has 4 nitrogen and oxygen atoms in total. The van der Waals surface area contributed by atoms with Crippen molar-refractivity contribution in [3.8, 4) is 0 Å². The zero-order chi connectivity index (χ0) is 24.9. The molecule has 1 aliphatic carbocycles. The number of carbonyl (C=O) groups excluding carboxylic acids is 1. The van der Waals surface area contributed by atoms with Crippen LogP contribution in [0, 0.1) is 0 Å². The maximum absolute atomic E-state index is 13.3. The molecular formula is C29H34F2N2O2. The highest BCUT2D eigenvalue weighted by atomic mass is 19.1. The van der Waals surface area contributed by atoms with Crippen LogP contribution in [0.2, 0.25) is 0 Å². The van der Waals surface area contributed by atoms with Crippen LogP contribution in [-0.2, 0) is 28.3 Å². The Bertz CT molecular complexity index is 1040. The molecule has 6 heteroatoms. The van der Waals surface area contributed by atoms with Crippen molar-refractivity contribution in [2.75, 3.05) is 13.2 Å². The summed E-state index contributed by atoms with van der Waals surface area (Å²) in [6.45, 7) is 5.31. The van der Waals surface area contributed by atoms with Gasteiger partial charge in [-0.25, -0.2) is 8.78 Å². The summed E-state index contributed by atoms with van der Waals surface area (Å²) in [5.74, 6) is 0.0420. The summed E-state index contributed by atoms with van der Waals surface area (Å²) in [5.41, 5.74) is 2.39. The lowest BCUT2D eigenvalue weighted by Crippen LogP contribution is -2.54. The van der Waals surface area contributed by atoms with Crippen LogP contribution in [0.25, 0.3) is 0 Å². The van der Waals surface area contributed by atoms with Crippen LogP contribution >= 0.6 is 0 Å². The molecule has 1 aliphatic heterocycles. The van der Waals surface area contributed by atoms with Crippen LogP contribution in [0.15, 0.2) is 66.2 Å². The number of nitrogens with zero attached hydrogens (tertiary/aromatic N) is 2. The lowest BCUT2D eigenvalue weighted by molar-refractivity contribution is -0.130. The smallest absolute Gasteiger partial charge is 0.249 e. The third-order valence-electron chi connectivity index (χ3n) is 7.71. The molecule has 1 heterocycles. The fourth-order valence-corrected chi connectivity index (χ4v) is 5.60. The molecule has 35 heavy (non-hydrogen) atoms. The molecule has 1 saturated carbocycles. The second-order valence-electron chi connectivity index (χ2n) is 9.89. The number of hydrogen-bond acceptors (Lipinski definition) is 3. The van der Waals surface area contributed by atoms with Crippen LogP contribution in [0.5, 0.6) is 0 Å². The van der Waals surface area contributed by atoms with E-state index in [9.17, 15) is 13.6 Å². The predicted octanol–water partition coefficient (Wildman–Crippen LogP) is 6.40. The van der Waals surface area contributed by atoms with Gasteiger partial charge in [0.05, 0.1) is 24.6 Å². The summed E-state index contributed by atoms with van der Waals surface area (Å²) in [5, 5.41) is 0. The van der Waals surface area contributed by atoms with Gasteiger partial charge in [-0.15, -0.1) is 6.58 Å². The van der Waals surface area contributed by atoms with Gasteiger partial charge in [0.2, 0.25) is 5.91 Å². The maximum Gasteiger partial charge on any atom is 0.249 e. The van der Waals surface area contributed by atoms with Gasteiger partial charge in [-0.2, -0.15) is 0 Å². The fraction of sp³-hybridized carbons (Fsp3) is 0.448. The molecule has 2 aromatic rings. The first kappa shape index (κ1) is 25.2. The van der Waals surface area contributed by atoms with Gasteiger partial charge in [-0.1, -0.05) is 54.6 Å². The van der Waals surface area contributed by atoms with E-state index in [1.54, 1.807) is 24.5 Å². The Balaban J connectivity index is 1.57. The second-order valence-corrected chi connectivity index (χ2v) is 9.89. The molecule has 0 spiro atoms. The van der Waals surface area contributed by atoms with Crippen molar-refractivity contribution in [2.24, 2.45) is 4.99 Å². The van der Waals surface area contributed by atoms with E-state index in [-0.39, 0.29) is 29.5 Å². The third-order valence-corrected chi connectivity index (χ3v) is 7.71. The minimum atomic E-state index is -0.634. The minimum absolute atomic E-state index is 0.0420. The van der Waals surface area contributed by atoms with Crippen molar-refractivity contribution in [1.29, 1.82) is 0 Å². The highest BCUT2D eigenvalue weighted by molar-refractivity contribution is 5.95. The number of benzene rings is 2. The van der Waals surface area contributed by atoms with E-state index in [0.717, 1.165) is 37.7 Å². The Morgan fingerprint density at radius 3 is 2.29 bits per heavy atom. The summed E-state index contributed by atoms with van der Waals surface area (Å²) in [7, 11) is 0. The average molecular weight is 481 g/mol. The van der Waals surface area contributed by atoms with E-state index in [4.69, 9.17) is 4.74 Å². The fourth-order valence-electron chi connectivity index (χ4n) is 5.60. The molecule has 2 aromatic carbocycles. The van der Waals surface area contributed by atoms with Crippen molar-refractivity contribution in [2.45, 2.75) is 69.4 Å². The zero-order valence-electron chi connectivity index (χ0n) is 20.4. The predicted molar refractivity (Wildman–Crippen MR) is 135 cm³/mol. The quantitative estimate of drug-likeness (QED) is 0.369. The second kappa shape index (κ2) is 10.8. The van der Waals surface area contributed by atoms with Crippen molar-refractivity contribution in [1.82, 2.24) is 4.90 Å². The normalized spacial score (nSPS) is 25.1. The molecule has 0 N–H and O–H groups in total. The first-order valence-corrected chi connectivity index (χ1v) is 12.3. The zero-order valence-corrected chi connectivity index (χ0v) is 20.4. The Morgan fingerprint density at radius 1 is 1.09 bits per heavy atom. The van der Waals surface area contributed by atoms with E-state index < -0.39 is 13.3 Å². The largest absolute Gasteiger partial charge is 0.373 e. The number of ether oxygens (including phenoxy) is 1. The van der Waals surface area contributed by atoms with Gasteiger partial charge in [-0.05, 0) is 61.3 Å². The van der Waals surface area contributed by atoms with Gasteiger partial charge in [0.1, 0.15) is 19.9 Å². The number of aliphatic imine (C=N–C) groups is 1. The Kier molecular flexibility index (Phi) is 7.80. The van der Waals surface area contributed by atoms with Crippen LogP contribution in [-0.4, -0.2) is 35.8 Å². The van der Waals surface area contributed by atoms with E-state index in [1.165, 1.54) is 5.56 Å². The first-order chi connectivity index (χ1) is 16.9. The molecule has 0 bridgehead atoms. The maximum atomic E-state index is 13.3. The number of carbonyl (C=O) groups is 1. The monoisotopic (exact) mass is 480 g/mol. The molecule has 0 aromatic heterocycles. The molecule has 0 unspecified atom stereocenters. The van der Waals surface area contributed by atoms with Crippen molar-refractivity contribution >= 4 is 12.2 Å². The third kappa shape index (κ3) is 5.22. The molecule has 2 aliphatic rings. The summed E-state index contributed by atoms with van der Waals surface area (Å²) < 4.78 is 33.1. The van der Waals surface area contributed by atoms with E-state index in [2.05, 4.69) is 23.7 Å². The molecule has 1 fully saturated rings. The lowest BCUT2D eigenvalue weighted by Gasteiger charge is -2.49. The van der Waals surface area contributed by atoms with Gasteiger partial charge < -0.3 is 4.74 Å². The lowest BCUT2D eigenvalue weighted by atomic mass is 9.63. The Morgan fingerprint density at radius 2 is 1.74 bits per heavy atom. The number of alkyl halides is 2. The number of rotatable bonds is 10. The topological polar surface area (TPSA) is 41.9 Å². The molecule has 1 atom stereocenters. The highest BCUT2D eigenvalue weighted by Crippen LogP contribution is 2.48. The molecule has 1 amide bonds. The standard InChI is InChI=1S/C29H34F2N2O2/c1-3-9-29(33-21-32-19-27(33)34)12-10-28(11-13-29,26-7-5-4-6-8-26)20-35-22(2)25-15-23(17-30)14-24(16-25)18-31/h3-8,14-16,21-22H,1,9-13,17-20H2,2H3/t22-,28?,29?/m1/s1. The van der Waals surface area contributed by atoms with Gasteiger partial charge in [0.15, 0.2) is 0 Å². The Labute approximate surface area is 206 Å². The molecule has 0 radical (unpaired) electrons. The van der Waals surface area contributed by atoms with Gasteiger partial charge in [-0.3, -0.25) is 14.7 Å². The molecular weight excluding hydrogens is 446 g/mol. The summed E-state index contributed by atoms with van der Waals surface area (Å²) in [6.07, 6.45) is 7.31. The highest BCUT2D eigenvalue weighted by Gasteiger charge is 2.48. The number of amides is 1. The van der Waals surface area contributed by atoms with E-state index in [0.29, 0.717) is 17.7 Å². The number of halogens is 2. The van der Waals surface area contributed by atoms with Crippen LogP contribution in [0.3, 0.4) is 0 Å². The molecule has 4 rings (SSSR count). The molecule has 186 valence electrons. The summed E-state index contributed by atoms with van der Waals surface area (Å²) >= 11 is 0. The summed E-state index contributed by atoms with van der Waals surface area (Å²) in [6, 6.07) is 15.4. The van der Waals surface area contributed by atoms with Crippen LogP contribution < -0.4 is 0 Å². The summed E-state index contributed by atoms with van der Waals surface area (Å²) in [4.78, 5) is 18.6. The minimum Gasteiger partial charge on any atom is -0.373 e. The van der Waals surface area contributed by atoms with Gasteiger partial charge >= 0.3 is 0 Å². The van der Waals surface area contributed by atoms with E-state index in [1.807, 2.05) is 36.1 Å². The van der Waals surface area contributed by atoms with Crippen molar-refractivity contribution in [3.63, 3.8) is 0 Å². The van der Waals surface area contributed by atoms with Crippen molar-refractivity contribution < 1.29 is 18.3 Å². The van der Waals surface area contributed by atoms with Crippen molar-refractivity contribution in [3.05, 3.63) is 83.4 Å². The van der Waals surface area contributed by atoms with Gasteiger partial charge in [0, 0.05) is 5.41 Å². The Hall–Kier alpha value is -2.86. The average Bonchev–Trinajstić information content (AvgIpc) is 3.35. The van der Waals surface area contributed by atoms with Crippen LogP contribution in [0.1, 0.15) is 67.4 Å². The van der Waals surface area contributed by atoms with Gasteiger partial charge in [0.25, 0.3) is 0 Å². The van der Waals surface area contributed by atoms with Crippen LogP contribution in [0.4, 0.5) is 8.78 Å². The first-order valence-electron chi connectivity index (χ1n) is 12.3. The number of hydrogen-bond donors (Lipinski definition) is 0. The SMILES string of the molecule is C=CCC1(N2C=NCC2=O)CCC(CO[C@H](C)c2cc(CF)cc(CF)c2)(c2ccccc2)CC1. The molecule has 0 saturated heterocycles. The van der Waals surface area contributed by atoms with E-state index >= 15 is 0 Å².